The van der Waals surface area contributed by atoms with Crippen LogP contribution in [0.5, 0.6) is 0 Å². The molecule has 0 amide bonds. The molecule has 0 saturated heterocycles. The third kappa shape index (κ3) is 17.2. The molecule has 0 radical (unpaired) electrons. The summed E-state index contributed by atoms with van der Waals surface area (Å²) in [6.45, 7) is 4.79. The Balaban J connectivity index is 1.49. The molecule has 13 nitrogen and oxygen atoms in total. The number of phosphoric ester groups is 1. The van der Waals surface area contributed by atoms with E-state index < -0.39 is 27.9 Å². The molecule has 2 heterocycles. The molecule has 2 rings (SSSR count). The Labute approximate surface area is 268 Å². The molecule has 0 bridgehead atoms. The number of imidazole rings is 1. The van der Waals surface area contributed by atoms with Crippen LogP contribution >= 0.6 is 15.4 Å². The summed E-state index contributed by atoms with van der Waals surface area (Å²) in [5, 5.41) is 0. The number of ether oxygens (including phenoxy) is 2. The van der Waals surface area contributed by atoms with Crippen molar-refractivity contribution in [1.82, 2.24) is 19.5 Å². The van der Waals surface area contributed by atoms with E-state index >= 15 is 0 Å². The number of anilines is 1. The van der Waals surface area contributed by atoms with Crippen LogP contribution < -0.4 is 5.73 Å². The first-order valence-electron chi connectivity index (χ1n) is 16.3. The lowest BCUT2D eigenvalue weighted by molar-refractivity contribution is 0.0677. The zero-order valence-electron chi connectivity index (χ0n) is 27.4. The first kappa shape index (κ1) is 39.5. The molecule has 45 heavy (non-hydrogen) atoms. The Morgan fingerprint density at radius 3 is 2.22 bits per heavy atom. The van der Waals surface area contributed by atoms with Crippen molar-refractivity contribution >= 4 is 32.4 Å². The zero-order valence-corrected chi connectivity index (χ0v) is 29.2. The minimum atomic E-state index is -4.48. The Morgan fingerprint density at radius 2 is 1.56 bits per heavy atom. The fourth-order valence-electron chi connectivity index (χ4n) is 4.63. The minimum absolute atomic E-state index is 0.118. The van der Waals surface area contributed by atoms with Crippen molar-refractivity contribution in [1.29, 1.82) is 0 Å². The molecule has 0 fully saturated rings. The highest BCUT2D eigenvalue weighted by molar-refractivity contribution is 7.64. The predicted octanol–water partition coefficient (Wildman–Crippen LogP) is 7.80. The molecule has 0 aliphatic rings. The first-order chi connectivity index (χ1) is 21.7. The Morgan fingerprint density at radius 1 is 0.911 bits per heavy atom. The maximum Gasteiger partial charge on any atom is 0.481 e. The topological polar surface area (TPSA) is 170 Å². The number of hydrogen-bond donors (Lipinski definition) is 2. The van der Waals surface area contributed by atoms with Gasteiger partial charge in [-0.3, -0.25) is 13.6 Å². The van der Waals surface area contributed by atoms with Gasteiger partial charge in [-0.25, -0.2) is 23.8 Å². The Kier molecular flexibility index (Phi) is 20.0. The van der Waals surface area contributed by atoms with Crippen molar-refractivity contribution < 1.29 is 36.9 Å². The minimum Gasteiger partial charge on any atom is -0.382 e. The summed E-state index contributed by atoms with van der Waals surface area (Å²) in [6, 6.07) is 0. The number of allylic oxidation sites excluding steroid dienone is 2. The molecule has 2 aromatic rings. The maximum atomic E-state index is 12.7. The van der Waals surface area contributed by atoms with Crippen molar-refractivity contribution in [2.24, 2.45) is 0 Å². The van der Waals surface area contributed by atoms with Crippen molar-refractivity contribution in [2.45, 2.75) is 116 Å². The average Bonchev–Trinajstić information content (AvgIpc) is 3.42. The lowest BCUT2D eigenvalue weighted by Gasteiger charge is -2.21. The van der Waals surface area contributed by atoms with E-state index in [1.54, 1.807) is 11.5 Å². The summed E-state index contributed by atoms with van der Waals surface area (Å²) < 4.78 is 52.8. The summed E-state index contributed by atoms with van der Waals surface area (Å²) in [5.74, 6) is 0.250. The first-order valence-corrected chi connectivity index (χ1v) is 19.5. The van der Waals surface area contributed by atoms with E-state index in [4.69, 9.17) is 28.6 Å². The van der Waals surface area contributed by atoms with Gasteiger partial charge in [0.15, 0.2) is 11.5 Å². The molecular weight excluding hydrogens is 620 g/mol. The summed E-state index contributed by atoms with van der Waals surface area (Å²) in [5.41, 5.74) is 6.76. The molecule has 0 aliphatic carbocycles. The van der Waals surface area contributed by atoms with Crippen LogP contribution in [0.2, 0.25) is 0 Å². The van der Waals surface area contributed by atoms with Crippen LogP contribution in [0.1, 0.15) is 104 Å². The van der Waals surface area contributed by atoms with Crippen molar-refractivity contribution in [3.63, 3.8) is 0 Å². The van der Waals surface area contributed by atoms with E-state index in [1.165, 1.54) is 89.7 Å². The van der Waals surface area contributed by atoms with Gasteiger partial charge in [0.2, 0.25) is 0 Å². The molecule has 2 unspecified atom stereocenters. The van der Waals surface area contributed by atoms with Crippen molar-refractivity contribution in [2.75, 3.05) is 39.0 Å². The van der Waals surface area contributed by atoms with Gasteiger partial charge in [-0.15, -0.1) is 0 Å². The van der Waals surface area contributed by atoms with E-state index in [0.717, 1.165) is 20.0 Å². The number of nitrogen functional groups attached to an aromatic ring is 1. The zero-order chi connectivity index (χ0) is 32.8. The third-order valence-electron chi connectivity index (χ3n) is 7.13. The van der Waals surface area contributed by atoms with E-state index in [-0.39, 0.29) is 25.6 Å². The summed E-state index contributed by atoms with van der Waals surface area (Å²) >= 11 is 0. The standard InChI is InChI=1S/C30H55N5O8P2/c1-4-5-6-7-8-9-10-11-12-13-14-15-16-17-18-19-20-40-21-22-42-45(38,39-3)43-44(36,37)26-41-27(2)23-35-25-34-28-29(31)32-24-33-30(28)35/h11-12,24-25,27H,4-10,13-23,26H2,1-3H3,(H,36,37)(H2,31,32,33)/b12-11+/t27-,45?/m1/s1. The Hall–Kier alpha value is -1.69. The molecule has 0 aromatic carbocycles. The molecule has 0 saturated carbocycles. The fourth-order valence-corrected chi connectivity index (χ4v) is 7.37. The highest BCUT2D eigenvalue weighted by atomic mass is 31.3. The molecule has 3 N–H and O–H groups in total. The second-order valence-corrected chi connectivity index (χ2v) is 14.9. The summed E-state index contributed by atoms with van der Waals surface area (Å²) in [4.78, 5) is 22.4. The van der Waals surface area contributed by atoms with Gasteiger partial charge < -0.3 is 24.7 Å². The number of fused-ring (bicyclic) bond motifs is 1. The van der Waals surface area contributed by atoms with Gasteiger partial charge >= 0.3 is 15.4 Å². The number of phosphoric acid groups is 1. The van der Waals surface area contributed by atoms with Crippen molar-refractivity contribution in [3.05, 3.63) is 24.8 Å². The number of rotatable bonds is 28. The number of nitrogens with two attached hydrogens (primary N) is 1. The van der Waals surface area contributed by atoms with E-state index in [0.29, 0.717) is 17.8 Å². The average molecular weight is 676 g/mol. The normalized spacial score (nSPS) is 15.5. The summed E-state index contributed by atoms with van der Waals surface area (Å²) in [6.07, 6.45) is 23.6. The highest BCUT2D eigenvalue weighted by Gasteiger charge is 2.36. The van der Waals surface area contributed by atoms with Crippen LogP contribution in [0.25, 0.3) is 11.2 Å². The van der Waals surface area contributed by atoms with Crippen LogP contribution in [0, 0.1) is 0 Å². The van der Waals surface area contributed by atoms with Gasteiger partial charge in [0.05, 0.1) is 32.2 Å². The SMILES string of the molecule is CCCCCCCC/C=C/CCCCCCCCOCCOP(=O)(OC)OP(=O)(O)CO[C@H](C)Cn1cnc2c(N)ncnc21. The molecule has 0 spiro atoms. The van der Waals surface area contributed by atoms with Crippen LogP contribution in [-0.4, -0.2) is 63.8 Å². The van der Waals surface area contributed by atoms with Gasteiger partial charge in [0.25, 0.3) is 0 Å². The molecule has 258 valence electrons. The van der Waals surface area contributed by atoms with Gasteiger partial charge in [-0.2, -0.15) is 0 Å². The number of aromatic nitrogens is 4. The fraction of sp³-hybridized carbons (Fsp3) is 0.767. The number of hydrogen-bond acceptors (Lipinski definition) is 11. The largest absolute Gasteiger partial charge is 0.481 e. The van der Waals surface area contributed by atoms with Crippen LogP contribution in [0.3, 0.4) is 0 Å². The monoisotopic (exact) mass is 675 g/mol. The molecule has 3 atom stereocenters. The molecule has 15 heteroatoms. The quantitative estimate of drug-likeness (QED) is 0.0510. The van der Waals surface area contributed by atoms with Gasteiger partial charge in [-0.05, 0) is 39.0 Å². The smallest absolute Gasteiger partial charge is 0.382 e. The molecule has 2 aromatic heterocycles. The second kappa shape index (κ2) is 22.8. The molecular formula is C30H55N5O8P2. The van der Waals surface area contributed by atoms with Crippen molar-refractivity contribution in [3.8, 4) is 0 Å². The summed E-state index contributed by atoms with van der Waals surface area (Å²) in [7, 11) is -7.69. The highest BCUT2D eigenvalue weighted by Crippen LogP contribution is 2.62. The molecule has 0 aliphatic heterocycles. The maximum absolute atomic E-state index is 12.7. The lowest BCUT2D eigenvalue weighted by Crippen LogP contribution is -2.17. The van der Waals surface area contributed by atoms with Gasteiger partial charge in [0, 0.05) is 13.7 Å². The number of unbranched alkanes of at least 4 members (excludes halogenated alkanes) is 12. The van der Waals surface area contributed by atoms with Crippen LogP contribution in [0.4, 0.5) is 5.82 Å². The van der Waals surface area contributed by atoms with Crippen LogP contribution in [-0.2, 0) is 38.5 Å². The third-order valence-corrected chi connectivity index (χ3v) is 10.4. The van der Waals surface area contributed by atoms with Crippen LogP contribution in [0.15, 0.2) is 24.8 Å². The predicted molar refractivity (Wildman–Crippen MR) is 177 cm³/mol. The van der Waals surface area contributed by atoms with E-state index in [9.17, 15) is 14.0 Å². The Bertz CT molecular complexity index is 1200. The van der Waals surface area contributed by atoms with E-state index in [2.05, 4.69) is 34.0 Å². The van der Waals surface area contributed by atoms with E-state index in [1.807, 2.05) is 0 Å². The van der Waals surface area contributed by atoms with Gasteiger partial charge in [0.1, 0.15) is 18.2 Å². The van der Waals surface area contributed by atoms with Gasteiger partial charge in [-0.1, -0.05) is 76.9 Å². The second-order valence-electron chi connectivity index (χ2n) is 11.2. The lowest BCUT2D eigenvalue weighted by atomic mass is 10.1. The number of nitrogens with zero attached hydrogens (tertiary/aromatic N) is 4.